The number of likely N-dealkylation sites (N-methyl/N-ethyl adjacent to an activating group) is 1. The van der Waals surface area contributed by atoms with Crippen molar-refractivity contribution in [2.75, 3.05) is 46.6 Å². The second kappa shape index (κ2) is 13.7. The van der Waals surface area contributed by atoms with E-state index in [1.54, 1.807) is 20.9 Å². The molecule has 6 saturated heterocycles. The van der Waals surface area contributed by atoms with E-state index in [-0.39, 0.29) is 61.2 Å². The van der Waals surface area contributed by atoms with Gasteiger partial charge < -0.3 is 33.3 Å². The Balaban J connectivity index is 0.894. The summed E-state index contributed by atoms with van der Waals surface area (Å²) in [6, 6.07) is 0. The van der Waals surface area contributed by atoms with Gasteiger partial charge >= 0.3 is 12.4 Å². The fourth-order valence-electron chi connectivity index (χ4n) is 10.7. The second-order valence-corrected chi connectivity index (χ2v) is 17.1. The molecule has 0 aromatic carbocycles. The minimum atomic E-state index is -4.77. The van der Waals surface area contributed by atoms with Gasteiger partial charge in [-0.05, 0) is 71.3 Å². The van der Waals surface area contributed by atoms with E-state index in [1.807, 2.05) is 4.90 Å². The number of hydrogen-bond acceptors (Lipinski definition) is 11. The second-order valence-electron chi connectivity index (χ2n) is 17.1. The van der Waals surface area contributed by atoms with Gasteiger partial charge in [0.2, 0.25) is 35.7 Å². The monoisotopic (exact) mass is 783 g/mol. The van der Waals surface area contributed by atoms with Crippen molar-refractivity contribution in [1.29, 1.82) is 0 Å². The Hall–Kier alpha value is -1.70. The molecule has 4 bridgehead atoms. The van der Waals surface area contributed by atoms with E-state index in [2.05, 4.69) is 13.8 Å². The van der Waals surface area contributed by atoms with Gasteiger partial charge in [0.15, 0.2) is 11.2 Å². The minimum Gasteiger partial charge on any atom is -0.456 e. The van der Waals surface area contributed by atoms with Crippen LogP contribution < -0.4 is 0 Å². The predicted octanol–water partition coefficient (Wildman–Crippen LogP) is 7.08. The first-order chi connectivity index (χ1) is 25.4. The average Bonchev–Trinajstić information content (AvgIpc) is 3.47. The number of halogens is 6. The zero-order valence-corrected chi connectivity index (χ0v) is 31.3. The first-order valence-corrected chi connectivity index (χ1v) is 19.3. The van der Waals surface area contributed by atoms with Crippen LogP contribution in [0.5, 0.6) is 0 Å². The van der Waals surface area contributed by atoms with Gasteiger partial charge in [0.25, 0.3) is 0 Å². The van der Waals surface area contributed by atoms with Crippen LogP contribution in [0.1, 0.15) is 79.1 Å². The molecule has 8 fully saturated rings. The highest BCUT2D eigenvalue weighted by Crippen LogP contribution is 2.63. The quantitative estimate of drug-likeness (QED) is 0.129. The normalized spacial score (nSPS) is 44.4. The smallest absolute Gasteiger partial charge is 0.449 e. The Bertz CT molecular complexity index is 1400. The van der Waals surface area contributed by atoms with Crippen LogP contribution in [0.4, 0.5) is 26.3 Å². The molecule has 10 aliphatic rings. The number of fused-ring (bicyclic) bond motifs is 4. The van der Waals surface area contributed by atoms with Crippen LogP contribution in [-0.4, -0.2) is 99.2 Å². The molecule has 11 nitrogen and oxygen atoms in total. The maximum atomic E-state index is 14.5. The Morgan fingerprint density at radius 1 is 0.630 bits per heavy atom. The van der Waals surface area contributed by atoms with E-state index >= 15 is 0 Å². The topological polar surface area (TPSA) is 95.5 Å². The van der Waals surface area contributed by atoms with E-state index in [1.165, 1.54) is 0 Å². The van der Waals surface area contributed by atoms with Gasteiger partial charge in [0.05, 0.1) is 26.4 Å². The summed E-state index contributed by atoms with van der Waals surface area (Å²) in [6.45, 7) is 7.62. The fraction of sp³-hybridized carbons (Fsp3) is 0.892. The predicted molar refractivity (Wildman–Crippen MR) is 173 cm³/mol. The summed E-state index contributed by atoms with van der Waals surface area (Å²) in [7, 11) is 1.77. The van der Waals surface area contributed by atoms with Crippen molar-refractivity contribution < 1.29 is 74.3 Å². The third-order valence-electron chi connectivity index (χ3n) is 13.6. The first kappa shape index (κ1) is 39.1. The third-order valence-corrected chi connectivity index (χ3v) is 13.6. The largest absolute Gasteiger partial charge is 0.456 e. The zero-order chi connectivity index (χ0) is 38.5. The standard InChI is InChI=1S/C37H51F6NO10/c1-20-6-8-26-22(28(36(38,39)40)47-30-34(26)24(20)10-12-32(3,49-30)51-53-34)18-45-16-14-44(5)15-17-46-19-23-27-9-7-21(2)25-11-13-33(4)50-31(35(25,27)54-52-33)48-29(23)37(41,42)43/h20-21,24-27,30-31H,6-19H2,1-5H3/t20-,21-,24+,25?,26+,27+,30-,31-,32+,33+,34-,35-/m1/s1. The number of hydrogen-bond donors (Lipinski definition) is 0. The van der Waals surface area contributed by atoms with E-state index in [0.717, 1.165) is 0 Å². The molecule has 0 amide bonds. The molecule has 0 N–H and O–H groups in total. The molecule has 2 aliphatic carbocycles. The summed E-state index contributed by atoms with van der Waals surface area (Å²) in [5, 5.41) is 0. The molecule has 0 aromatic rings. The van der Waals surface area contributed by atoms with Gasteiger partial charge in [-0.3, -0.25) is 0 Å². The maximum absolute atomic E-state index is 14.5. The molecule has 8 heterocycles. The maximum Gasteiger partial charge on any atom is 0.449 e. The van der Waals surface area contributed by atoms with Crippen LogP contribution >= 0.6 is 0 Å². The van der Waals surface area contributed by atoms with Gasteiger partial charge in [-0.2, -0.15) is 26.3 Å². The fourth-order valence-corrected chi connectivity index (χ4v) is 10.7. The summed E-state index contributed by atoms with van der Waals surface area (Å²) < 4.78 is 122. The van der Waals surface area contributed by atoms with E-state index < -0.39 is 71.1 Å². The van der Waals surface area contributed by atoms with Crippen LogP contribution in [0.25, 0.3) is 0 Å². The van der Waals surface area contributed by atoms with E-state index in [9.17, 15) is 26.3 Å². The lowest BCUT2D eigenvalue weighted by Crippen LogP contribution is -2.67. The molecular formula is C37H51F6NO10. The lowest BCUT2D eigenvalue weighted by Gasteiger charge is -2.57. The SMILES string of the molecule is C[C@@H]1CC[C@H]2C(COCCN(C)CCOCC3=C(C(F)(F)F)O[C@@H]4O[C@]5(C)CC[C@H]6[C@H](C)CC[C@@H]3[C@@]46OO5)=C(C(F)(F)F)O[C@@H]3O[C@]4(C)CCC1[C@]32OO4. The van der Waals surface area contributed by atoms with Crippen molar-refractivity contribution in [1.82, 2.24) is 4.90 Å². The van der Waals surface area contributed by atoms with Gasteiger partial charge in [-0.1, -0.05) is 13.8 Å². The van der Waals surface area contributed by atoms with E-state index in [4.69, 9.17) is 48.0 Å². The third kappa shape index (κ3) is 6.39. The van der Waals surface area contributed by atoms with Crippen molar-refractivity contribution in [3.05, 3.63) is 22.7 Å². The van der Waals surface area contributed by atoms with Gasteiger partial charge in [-0.15, -0.1) is 0 Å². The lowest BCUT2D eigenvalue weighted by atomic mass is 9.59. The van der Waals surface area contributed by atoms with Crippen LogP contribution in [0.15, 0.2) is 22.7 Å². The highest BCUT2D eigenvalue weighted by atomic mass is 19.4. The van der Waals surface area contributed by atoms with Crippen molar-refractivity contribution in [2.45, 2.75) is 127 Å². The van der Waals surface area contributed by atoms with Crippen molar-refractivity contribution in [3.63, 3.8) is 0 Å². The average molecular weight is 784 g/mol. The van der Waals surface area contributed by atoms with Crippen LogP contribution in [0.2, 0.25) is 0 Å². The molecule has 10 rings (SSSR count). The Kier molecular flexibility index (Phi) is 9.94. The Morgan fingerprint density at radius 2 is 1.04 bits per heavy atom. The molecule has 0 aromatic heterocycles. The number of allylic oxidation sites excluding steroid dienone is 2. The number of ether oxygens (including phenoxy) is 6. The molecule has 0 radical (unpaired) electrons. The highest BCUT2D eigenvalue weighted by molar-refractivity contribution is 5.30. The van der Waals surface area contributed by atoms with Gasteiger partial charge in [-0.25, -0.2) is 19.6 Å². The van der Waals surface area contributed by atoms with Gasteiger partial charge in [0, 0.05) is 60.7 Å². The van der Waals surface area contributed by atoms with Crippen molar-refractivity contribution >= 4 is 0 Å². The highest BCUT2D eigenvalue weighted by Gasteiger charge is 2.72. The number of rotatable bonds is 10. The molecule has 12 atom stereocenters. The van der Waals surface area contributed by atoms with Crippen LogP contribution in [-0.2, 0) is 48.0 Å². The number of alkyl halides is 6. The zero-order valence-electron chi connectivity index (χ0n) is 31.3. The summed E-state index contributed by atoms with van der Waals surface area (Å²) in [6.07, 6.45) is -7.53. The summed E-state index contributed by atoms with van der Waals surface area (Å²) >= 11 is 0. The molecule has 2 spiro atoms. The lowest BCUT2D eigenvalue weighted by molar-refractivity contribution is -0.558. The Morgan fingerprint density at radius 3 is 1.43 bits per heavy atom. The Labute approximate surface area is 310 Å². The molecule has 2 saturated carbocycles. The molecule has 1 unspecified atom stereocenters. The molecule has 306 valence electrons. The molecule has 17 heteroatoms. The first-order valence-electron chi connectivity index (χ1n) is 19.3. The van der Waals surface area contributed by atoms with Gasteiger partial charge in [0.1, 0.15) is 0 Å². The minimum absolute atomic E-state index is 0.0140. The molecule has 8 aliphatic heterocycles. The summed E-state index contributed by atoms with van der Waals surface area (Å²) in [4.78, 5) is 25.3. The van der Waals surface area contributed by atoms with Crippen molar-refractivity contribution in [2.24, 2.45) is 35.5 Å². The molecule has 54 heavy (non-hydrogen) atoms. The summed E-state index contributed by atoms with van der Waals surface area (Å²) in [5.41, 5.74) is -2.48. The number of nitrogens with zero attached hydrogens (tertiary/aromatic N) is 1. The van der Waals surface area contributed by atoms with Crippen LogP contribution in [0, 0.1) is 35.5 Å². The van der Waals surface area contributed by atoms with Crippen molar-refractivity contribution in [3.8, 4) is 0 Å². The van der Waals surface area contributed by atoms with Crippen LogP contribution in [0.3, 0.4) is 0 Å². The van der Waals surface area contributed by atoms with E-state index in [0.29, 0.717) is 64.5 Å². The summed E-state index contributed by atoms with van der Waals surface area (Å²) in [5.74, 6) is -5.90. The molecular weight excluding hydrogens is 732 g/mol.